The molecule has 0 saturated carbocycles. The van der Waals surface area contributed by atoms with Crippen LogP contribution in [0.1, 0.15) is 24.2 Å². The van der Waals surface area contributed by atoms with Crippen LogP contribution in [0, 0.1) is 10.1 Å². The van der Waals surface area contributed by atoms with Crippen molar-refractivity contribution in [1.82, 2.24) is 4.90 Å². The Morgan fingerprint density at radius 2 is 1.79 bits per heavy atom. The molecule has 8 nitrogen and oxygen atoms in total. The number of hydrogen-bond acceptors (Lipinski definition) is 5. The van der Waals surface area contributed by atoms with Gasteiger partial charge in [-0.25, -0.2) is 0 Å². The maximum absolute atomic E-state index is 12.8. The smallest absolute Gasteiger partial charge is 0.269 e. The average molecular weight is 383 g/mol. The summed E-state index contributed by atoms with van der Waals surface area (Å²) >= 11 is 0. The second kappa shape index (κ2) is 8.08. The third kappa shape index (κ3) is 3.80. The Bertz CT molecular complexity index is 880. The van der Waals surface area contributed by atoms with Crippen molar-refractivity contribution in [3.8, 4) is 5.75 Å². The summed E-state index contributed by atoms with van der Waals surface area (Å²) in [6.45, 7) is 4.90. The molecule has 1 heterocycles. The minimum absolute atomic E-state index is 0.0824. The second-order valence-electron chi connectivity index (χ2n) is 6.40. The van der Waals surface area contributed by atoms with E-state index in [0.29, 0.717) is 25.3 Å². The molecule has 1 aliphatic rings. The van der Waals surface area contributed by atoms with E-state index < -0.39 is 11.0 Å². The number of anilines is 1. The fraction of sp³-hybridized carbons (Fsp3) is 0.300. The summed E-state index contributed by atoms with van der Waals surface area (Å²) < 4.78 is 5.42. The highest BCUT2D eigenvalue weighted by Gasteiger charge is 2.35. The molecule has 1 aliphatic heterocycles. The molecule has 8 heteroatoms. The van der Waals surface area contributed by atoms with Crippen LogP contribution in [0.4, 0.5) is 11.4 Å². The molecular weight excluding hydrogens is 362 g/mol. The molecule has 0 aliphatic carbocycles. The van der Waals surface area contributed by atoms with Crippen LogP contribution in [-0.2, 0) is 4.79 Å². The van der Waals surface area contributed by atoms with Crippen LogP contribution in [0.25, 0.3) is 0 Å². The van der Waals surface area contributed by atoms with E-state index in [9.17, 15) is 19.7 Å². The topological polar surface area (TPSA) is 93.0 Å². The van der Waals surface area contributed by atoms with Gasteiger partial charge in [-0.05, 0) is 50.2 Å². The number of nitro benzene ring substituents is 1. The number of non-ortho nitro benzene ring substituents is 1. The Morgan fingerprint density at radius 3 is 2.36 bits per heavy atom. The SMILES string of the molecule is CCOc1ccc(N2CCN(C(=O)c3ccc([N+](=O)[O-])cc3)[C@H](C)C2=O)cc1. The van der Waals surface area contributed by atoms with Gasteiger partial charge in [0.2, 0.25) is 5.91 Å². The van der Waals surface area contributed by atoms with E-state index in [-0.39, 0.29) is 17.5 Å². The van der Waals surface area contributed by atoms with E-state index >= 15 is 0 Å². The monoisotopic (exact) mass is 383 g/mol. The molecule has 0 aromatic heterocycles. The van der Waals surface area contributed by atoms with Crippen LogP contribution >= 0.6 is 0 Å². The average Bonchev–Trinajstić information content (AvgIpc) is 2.70. The van der Waals surface area contributed by atoms with Gasteiger partial charge in [-0.15, -0.1) is 0 Å². The van der Waals surface area contributed by atoms with Gasteiger partial charge in [-0.1, -0.05) is 0 Å². The Hall–Kier alpha value is -3.42. The maximum Gasteiger partial charge on any atom is 0.269 e. The van der Waals surface area contributed by atoms with Gasteiger partial charge in [0.1, 0.15) is 11.8 Å². The lowest BCUT2D eigenvalue weighted by atomic mass is 10.1. The lowest BCUT2D eigenvalue weighted by Gasteiger charge is -2.39. The van der Waals surface area contributed by atoms with Crippen LogP contribution < -0.4 is 9.64 Å². The quantitative estimate of drug-likeness (QED) is 0.585. The summed E-state index contributed by atoms with van der Waals surface area (Å²) in [5.41, 5.74) is 0.989. The molecule has 2 aromatic rings. The summed E-state index contributed by atoms with van der Waals surface area (Å²) in [7, 11) is 0. The highest BCUT2D eigenvalue weighted by molar-refractivity contribution is 6.03. The first-order valence-corrected chi connectivity index (χ1v) is 9.02. The van der Waals surface area contributed by atoms with Gasteiger partial charge in [0.05, 0.1) is 11.5 Å². The van der Waals surface area contributed by atoms with Crippen molar-refractivity contribution in [3.63, 3.8) is 0 Å². The van der Waals surface area contributed by atoms with Gasteiger partial charge >= 0.3 is 0 Å². The zero-order chi connectivity index (χ0) is 20.3. The lowest BCUT2D eigenvalue weighted by molar-refractivity contribution is -0.384. The highest BCUT2D eigenvalue weighted by atomic mass is 16.6. The van der Waals surface area contributed by atoms with Crippen LogP contribution in [0.5, 0.6) is 5.75 Å². The van der Waals surface area contributed by atoms with E-state index in [1.165, 1.54) is 29.2 Å². The van der Waals surface area contributed by atoms with Crippen molar-refractivity contribution < 1.29 is 19.2 Å². The normalized spacial score (nSPS) is 16.8. The van der Waals surface area contributed by atoms with Gasteiger partial charge in [0, 0.05) is 36.5 Å². The third-order valence-corrected chi connectivity index (χ3v) is 4.70. The van der Waals surface area contributed by atoms with E-state index in [2.05, 4.69) is 0 Å². The zero-order valence-corrected chi connectivity index (χ0v) is 15.7. The highest BCUT2D eigenvalue weighted by Crippen LogP contribution is 2.24. The van der Waals surface area contributed by atoms with Crippen molar-refractivity contribution >= 4 is 23.2 Å². The molecule has 2 aromatic carbocycles. The Morgan fingerprint density at radius 1 is 1.14 bits per heavy atom. The number of nitrogens with zero attached hydrogens (tertiary/aromatic N) is 3. The van der Waals surface area contributed by atoms with Crippen molar-refractivity contribution in [1.29, 1.82) is 0 Å². The molecule has 28 heavy (non-hydrogen) atoms. The second-order valence-corrected chi connectivity index (χ2v) is 6.40. The van der Waals surface area contributed by atoms with Crippen molar-refractivity contribution in [2.24, 2.45) is 0 Å². The summed E-state index contributed by atoms with van der Waals surface area (Å²) in [6.07, 6.45) is 0. The summed E-state index contributed by atoms with van der Waals surface area (Å²) in [5.74, 6) is 0.242. The summed E-state index contributed by atoms with van der Waals surface area (Å²) in [4.78, 5) is 39.0. The molecule has 1 fully saturated rings. The fourth-order valence-electron chi connectivity index (χ4n) is 3.18. The minimum atomic E-state index is -0.636. The predicted octanol–water partition coefficient (Wildman–Crippen LogP) is 2.87. The first-order valence-electron chi connectivity index (χ1n) is 9.02. The number of rotatable bonds is 5. The summed E-state index contributed by atoms with van der Waals surface area (Å²) in [5, 5.41) is 10.8. The minimum Gasteiger partial charge on any atom is -0.494 e. The first-order chi connectivity index (χ1) is 13.4. The molecule has 0 N–H and O–H groups in total. The van der Waals surface area contributed by atoms with Gasteiger partial charge in [-0.2, -0.15) is 0 Å². The number of piperazine rings is 1. The number of carbonyl (C=O) groups is 2. The van der Waals surface area contributed by atoms with Gasteiger partial charge < -0.3 is 14.5 Å². The van der Waals surface area contributed by atoms with E-state index in [1.54, 1.807) is 11.8 Å². The van der Waals surface area contributed by atoms with Crippen LogP contribution in [0.2, 0.25) is 0 Å². The first kappa shape index (κ1) is 19.3. The molecule has 1 saturated heterocycles. The van der Waals surface area contributed by atoms with Gasteiger partial charge in [-0.3, -0.25) is 19.7 Å². The zero-order valence-electron chi connectivity index (χ0n) is 15.7. The molecule has 3 rings (SSSR count). The molecule has 2 amide bonds. The molecule has 0 radical (unpaired) electrons. The largest absolute Gasteiger partial charge is 0.494 e. The number of amides is 2. The fourth-order valence-corrected chi connectivity index (χ4v) is 3.18. The standard InChI is InChI=1S/C20H21N3O5/c1-3-28-18-10-8-16(9-11-18)22-13-12-21(14(2)19(22)24)20(25)15-4-6-17(7-5-15)23(26)27/h4-11,14H,3,12-13H2,1-2H3/t14-/m1/s1. The number of carbonyl (C=O) groups excluding carboxylic acids is 2. The molecule has 0 spiro atoms. The Balaban J connectivity index is 1.73. The molecule has 1 atom stereocenters. The molecular formula is C20H21N3O5. The number of benzene rings is 2. The number of nitro groups is 1. The van der Waals surface area contributed by atoms with Crippen molar-refractivity contribution in [2.75, 3.05) is 24.6 Å². The van der Waals surface area contributed by atoms with Crippen LogP contribution in [0.15, 0.2) is 48.5 Å². The number of ether oxygens (including phenoxy) is 1. The molecule has 146 valence electrons. The van der Waals surface area contributed by atoms with Gasteiger partial charge in [0.15, 0.2) is 0 Å². The van der Waals surface area contributed by atoms with E-state index in [1.807, 2.05) is 31.2 Å². The van der Waals surface area contributed by atoms with E-state index in [4.69, 9.17) is 4.74 Å². The van der Waals surface area contributed by atoms with Crippen molar-refractivity contribution in [2.45, 2.75) is 19.9 Å². The Kier molecular flexibility index (Phi) is 5.58. The van der Waals surface area contributed by atoms with Crippen LogP contribution in [-0.4, -0.2) is 47.4 Å². The van der Waals surface area contributed by atoms with Crippen LogP contribution in [0.3, 0.4) is 0 Å². The molecule has 0 unspecified atom stereocenters. The number of hydrogen-bond donors (Lipinski definition) is 0. The molecule has 0 bridgehead atoms. The Labute approximate surface area is 162 Å². The van der Waals surface area contributed by atoms with Crippen molar-refractivity contribution in [3.05, 3.63) is 64.2 Å². The third-order valence-electron chi connectivity index (χ3n) is 4.70. The lowest BCUT2D eigenvalue weighted by Crippen LogP contribution is -2.57. The maximum atomic E-state index is 12.8. The van der Waals surface area contributed by atoms with E-state index in [0.717, 1.165) is 11.4 Å². The summed E-state index contributed by atoms with van der Waals surface area (Å²) in [6, 6.07) is 12.0. The van der Waals surface area contributed by atoms with Gasteiger partial charge in [0.25, 0.3) is 11.6 Å². The predicted molar refractivity (Wildman–Crippen MR) is 104 cm³/mol.